The van der Waals surface area contributed by atoms with Crippen LogP contribution < -0.4 is 11.1 Å². The van der Waals surface area contributed by atoms with E-state index in [1.807, 2.05) is 6.92 Å². The third kappa shape index (κ3) is 6.31. The first kappa shape index (κ1) is 30.8. The number of rotatable bonds is 4. The van der Waals surface area contributed by atoms with Crippen LogP contribution in [-0.4, -0.2) is 60.8 Å². The summed E-state index contributed by atoms with van der Waals surface area (Å²) in [6.07, 6.45) is -3.08. The Labute approximate surface area is 255 Å². The number of anilines is 2. The predicted molar refractivity (Wildman–Crippen MR) is 158 cm³/mol. The molecular formula is C30H27ClF3N7O3. The van der Waals surface area contributed by atoms with Crippen molar-refractivity contribution < 1.29 is 27.9 Å². The minimum Gasteiger partial charge on any atom is -0.384 e. The molecule has 1 fully saturated rings. The number of hydrogen-bond acceptors (Lipinski definition) is 7. The average Bonchev–Trinajstić information content (AvgIpc) is 3.36. The number of benzene rings is 2. The summed E-state index contributed by atoms with van der Waals surface area (Å²) in [5.41, 5.74) is 7.27. The van der Waals surface area contributed by atoms with Crippen molar-refractivity contribution in [1.29, 1.82) is 0 Å². The average molecular weight is 626 g/mol. The molecule has 0 radical (unpaired) electrons. The van der Waals surface area contributed by atoms with E-state index in [0.29, 0.717) is 53.6 Å². The van der Waals surface area contributed by atoms with Gasteiger partial charge in [0.15, 0.2) is 5.65 Å². The molecule has 1 aliphatic heterocycles. The number of alkyl halides is 3. The molecule has 5 rings (SSSR count). The van der Waals surface area contributed by atoms with E-state index in [-0.39, 0.29) is 23.3 Å². The SMILES string of the molecule is Cc1ccc(NC(=O)c2ccc(Cl)c(C(F)(F)F)c2)cc1C#Cc1nn([C@@H]2CCCN(C(=O)C(C)O)C2)c2ncnc(N)c12. The zero-order valence-electron chi connectivity index (χ0n) is 23.6. The Morgan fingerprint density at radius 1 is 1.18 bits per heavy atom. The van der Waals surface area contributed by atoms with Gasteiger partial charge in [-0.3, -0.25) is 9.59 Å². The smallest absolute Gasteiger partial charge is 0.384 e. The Bertz CT molecular complexity index is 1830. The van der Waals surface area contributed by atoms with Crippen LogP contribution in [0.3, 0.4) is 0 Å². The van der Waals surface area contributed by atoms with Gasteiger partial charge >= 0.3 is 6.18 Å². The van der Waals surface area contributed by atoms with Crippen molar-refractivity contribution in [3.8, 4) is 11.8 Å². The van der Waals surface area contributed by atoms with Crippen molar-refractivity contribution in [2.24, 2.45) is 0 Å². The molecule has 228 valence electrons. The lowest BCUT2D eigenvalue weighted by atomic mass is 10.1. The molecule has 2 atom stereocenters. The summed E-state index contributed by atoms with van der Waals surface area (Å²) in [5.74, 6) is 5.14. The number of carbonyl (C=O) groups excluding carboxylic acids is 2. The Balaban J connectivity index is 1.44. The molecule has 44 heavy (non-hydrogen) atoms. The number of aliphatic hydroxyl groups excluding tert-OH is 1. The zero-order chi connectivity index (χ0) is 31.8. The standard InChI is InChI=1S/C30H27ClF3N7O3/c1-16-5-8-20(38-28(43)19-6-9-23(31)22(13-19)30(32,33)34)12-18(16)7-10-24-25-26(35)36-15-37-27(25)41(39-24)21-4-3-11-40(14-21)29(44)17(2)42/h5-6,8-9,12-13,15,17,21,42H,3-4,11,14H2,1-2H3,(H,38,43)(H2,35,36,37)/t17?,21-/m1/s1. The van der Waals surface area contributed by atoms with E-state index in [2.05, 4.69) is 27.1 Å². The van der Waals surface area contributed by atoms with Gasteiger partial charge in [-0.25, -0.2) is 14.6 Å². The summed E-state index contributed by atoms with van der Waals surface area (Å²) >= 11 is 5.68. The van der Waals surface area contributed by atoms with E-state index < -0.39 is 28.8 Å². The highest BCUT2D eigenvalue weighted by Crippen LogP contribution is 2.35. The topological polar surface area (TPSA) is 139 Å². The van der Waals surface area contributed by atoms with Crippen molar-refractivity contribution in [2.45, 2.75) is 45.0 Å². The van der Waals surface area contributed by atoms with E-state index in [1.165, 1.54) is 19.3 Å². The van der Waals surface area contributed by atoms with E-state index in [9.17, 15) is 27.9 Å². The largest absolute Gasteiger partial charge is 0.417 e. The fourth-order valence-corrected chi connectivity index (χ4v) is 5.23. The van der Waals surface area contributed by atoms with Crippen LogP contribution in [0.15, 0.2) is 42.7 Å². The number of aliphatic hydroxyl groups is 1. The van der Waals surface area contributed by atoms with Crippen LogP contribution in [0.25, 0.3) is 11.0 Å². The maximum Gasteiger partial charge on any atom is 0.417 e. The number of carbonyl (C=O) groups is 2. The second-order valence-electron chi connectivity index (χ2n) is 10.4. The third-order valence-electron chi connectivity index (χ3n) is 7.27. The number of nitrogen functional groups attached to an aromatic ring is 1. The molecule has 1 aliphatic rings. The molecule has 4 aromatic rings. The fourth-order valence-electron chi connectivity index (χ4n) is 5.00. The molecule has 10 nitrogen and oxygen atoms in total. The van der Waals surface area contributed by atoms with E-state index in [4.69, 9.17) is 22.4 Å². The van der Waals surface area contributed by atoms with E-state index in [0.717, 1.165) is 18.1 Å². The Morgan fingerprint density at radius 2 is 1.95 bits per heavy atom. The number of nitrogens with two attached hydrogens (primary N) is 1. The first-order valence-corrected chi connectivity index (χ1v) is 14.0. The molecule has 0 spiro atoms. The van der Waals surface area contributed by atoms with Crippen molar-refractivity contribution >= 4 is 46.0 Å². The summed E-state index contributed by atoms with van der Waals surface area (Å²) in [6.45, 7) is 4.10. The lowest BCUT2D eigenvalue weighted by Gasteiger charge is -2.33. The van der Waals surface area contributed by atoms with Crippen molar-refractivity contribution in [2.75, 3.05) is 24.1 Å². The van der Waals surface area contributed by atoms with Gasteiger partial charge in [0.2, 0.25) is 0 Å². The summed E-state index contributed by atoms with van der Waals surface area (Å²) in [7, 11) is 0. The third-order valence-corrected chi connectivity index (χ3v) is 7.60. The molecular weight excluding hydrogens is 599 g/mol. The molecule has 4 N–H and O–H groups in total. The number of halogens is 4. The molecule has 3 heterocycles. The molecule has 2 amide bonds. The van der Waals surface area contributed by atoms with E-state index >= 15 is 0 Å². The number of amides is 2. The lowest BCUT2D eigenvalue weighted by molar-refractivity contribution is -0.141. The molecule has 0 aliphatic carbocycles. The van der Waals surface area contributed by atoms with Gasteiger partial charge in [-0.1, -0.05) is 23.6 Å². The number of aryl methyl sites for hydroxylation is 1. The Morgan fingerprint density at radius 3 is 2.68 bits per heavy atom. The van der Waals surface area contributed by atoms with Gasteiger partial charge in [-0.15, -0.1) is 0 Å². The van der Waals surface area contributed by atoms with Crippen LogP contribution in [-0.2, 0) is 11.0 Å². The monoisotopic (exact) mass is 625 g/mol. The molecule has 0 bridgehead atoms. The van der Waals surface area contributed by atoms with Gasteiger partial charge in [0, 0.05) is 29.9 Å². The highest BCUT2D eigenvalue weighted by Gasteiger charge is 2.34. The molecule has 1 unspecified atom stereocenters. The van der Waals surface area contributed by atoms with Crippen LogP contribution in [0.1, 0.15) is 58.5 Å². The number of piperidine rings is 1. The van der Waals surface area contributed by atoms with Crippen molar-refractivity contribution in [1.82, 2.24) is 24.6 Å². The van der Waals surface area contributed by atoms with E-state index in [1.54, 1.807) is 27.8 Å². The minimum atomic E-state index is -4.71. The highest BCUT2D eigenvalue weighted by atomic mass is 35.5. The van der Waals surface area contributed by atoms with Crippen molar-refractivity contribution in [3.05, 3.63) is 75.7 Å². The molecule has 0 saturated carbocycles. The van der Waals surface area contributed by atoms with Crippen LogP contribution in [0, 0.1) is 18.8 Å². The summed E-state index contributed by atoms with van der Waals surface area (Å²) in [6, 6.07) is 7.63. The first-order valence-electron chi connectivity index (χ1n) is 13.6. The van der Waals surface area contributed by atoms with Gasteiger partial charge in [-0.05, 0) is 68.5 Å². The lowest BCUT2D eigenvalue weighted by Crippen LogP contribution is -2.44. The normalized spacial score (nSPS) is 15.9. The number of aromatic nitrogens is 4. The zero-order valence-corrected chi connectivity index (χ0v) is 24.4. The number of likely N-dealkylation sites (tertiary alicyclic amines) is 1. The number of nitrogens with one attached hydrogen (secondary N) is 1. The van der Waals surface area contributed by atoms with Crippen LogP contribution in [0.2, 0.25) is 5.02 Å². The quantitative estimate of drug-likeness (QED) is 0.282. The first-order chi connectivity index (χ1) is 20.8. The van der Waals surface area contributed by atoms with Crippen molar-refractivity contribution in [3.63, 3.8) is 0 Å². The summed E-state index contributed by atoms with van der Waals surface area (Å²) < 4.78 is 41.5. The summed E-state index contributed by atoms with van der Waals surface area (Å²) in [5, 5.41) is 17.0. The van der Waals surface area contributed by atoms with Gasteiger partial charge < -0.3 is 21.1 Å². The van der Waals surface area contributed by atoms with Gasteiger partial charge in [0.25, 0.3) is 11.8 Å². The van der Waals surface area contributed by atoms with Crippen LogP contribution in [0.4, 0.5) is 24.7 Å². The fraction of sp³-hybridized carbons (Fsp3) is 0.300. The number of fused-ring (bicyclic) bond motifs is 1. The van der Waals surface area contributed by atoms with Gasteiger partial charge in [0.05, 0.1) is 22.0 Å². The molecule has 14 heteroatoms. The highest BCUT2D eigenvalue weighted by molar-refractivity contribution is 6.31. The van der Waals surface area contributed by atoms with Crippen LogP contribution in [0.5, 0.6) is 0 Å². The second kappa shape index (κ2) is 12.1. The summed E-state index contributed by atoms with van der Waals surface area (Å²) in [4.78, 5) is 35.3. The number of hydrogen-bond donors (Lipinski definition) is 3. The Kier molecular flexibility index (Phi) is 8.49. The molecule has 2 aromatic carbocycles. The number of nitrogens with zero attached hydrogens (tertiary/aromatic N) is 5. The maximum atomic E-state index is 13.3. The molecule has 2 aromatic heterocycles. The van der Waals surface area contributed by atoms with Gasteiger partial charge in [0.1, 0.15) is 23.9 Å². The second-order valence-corrected chi connectivity index (χ2v) is 10.8. The van der Waals surface area contributed by atoms with Crippen LogP contribution >= 0.6 is 11.6 Å². The minimum absolute atomic E-state index is 0.178. The maximum absolute atomic E-state index is 13.3. The van der Waals surface area contributed by atoms with Gasteiger partial charge in [-0.2, -0.15) is 18.3 Å². The molecule has 1 saturated heterocycles. The Hall–Kier alpha value is -4.67. The predicted octanol–water partition coefficient (Wildman–Crippen LogP) is 4.59.